The van der Waals surface area contributed by atoms with E-state index in [0.29, 0.717) is 12.0 Å². The molecule has 4 aliphatic carbocycles. The fraction of sp³-hybridized carbons (Fsp3) is 0.750. The summed E-state index contributed by atoms with van der Waals surface area (Å²) in [6.45, 7) is 6.10. The molecule has 260 valence electrons. The highest BCUT2D eigenvalue weighted by molar-refractivity contribution is 5.94. The minimum atomic E-state index is -1.62. The van der Waals surface area contributed by atoms with Gasteiger partial charge in [-0.1, -0.05) is 19.9 Å². The predicted octanol–water partition coefficient (Wildman–Crippen LogP) is 2.42. The molecule has 0 spiro atoms. The van der Waals surface area contributed by atoms with Crippen molar-refractivity contribution in [2.24, 2.45) is 34.3 Å². The third kappa shape index (κ3) is 6.11. The molecule has 0 aromatic heterocycles. The lowest BCUT2D eigenvalue weighted by molar-refractivity contribution is -0.757. The highest BCUT2D eigenvalue weighted by Crippen LogP contribution is 2.70. The number of allylic oxidation sites excluding steroid dienone is 4. The molecule has 0 radical (unpaired) electrons. The number of ether oxygens (including phenoxy) is 4. The van der Waals surface area contributed by atoms with Crippen LogP contribution in [0.1, 0.15) is 72.6 Å². The maximum absolute atomic E-state index is 15.8. The summed E-state index contributed by atoms with van der Waals surface area (Å²) in [5, 5.41) is 21.0. The Hall–Kier alpha value is -3.27. The number of carbonyl (C=O) groups is 4. The number of esters is 2. The molecule has 1 saturated heterocycles. The molecule has 3 N–H and O–H groups in total. The summed E-state index contributed by atoms with van der Waals surface area (Å²) >= 11 is 0. The summed E-state index contributed by atoms with van der Waals surface area (Å²) in [7, 11) is 0. The maximum Gasteiger partial charge on any atom is 0.323 e. The normalized spacial score (nSPS) is 37.3. The summed E-state index contributed by atoms with van der Waals surface area (Å²) in [5.74, 6) is -5.18. The fourth-order valence-electron chi connectivity index (χ4n) is 9.10. The third-order valence-corrected chi connectivity index (χ3v) is 10.9. The molecule has 2 saturated carbocycles. The number of nitrogens with two attached hydrogens (primary N) is 1. The van der Waals surface area contributed by atoms with Crippen molar-refractivity contribution in [1.29, 1.82) is 0 Å². The lowest BCUT2D eigenvalue weighted by atomic mass is 9.46. The van der Waals surface area contributed by atoms with Crippen molar-refractivity contribution < 1.29 is 57.5 Å². The highest BCUT2D eigenvalue weighted by Gasteiger charge is 2.77. The Morgan fingerprint density at radius 3 is 2.60 bits per heavy atom. The van der Waals surface area contributed by atoms with Crippen molar-refractivity contribution in [1.82, 2.24) is 0 Å². The number of hydrogen-bond donors (Lipinski definition) is 2. The first-order chi connectivity index (χ1) is 21.9. The molecule has 5 aliphatic rings. The number of halogens is 1. The molecule has 0 amide bonds. The van der Waals surface area contributed by atoms with Crippen molar-refractivity contribution in [3.8, 4) is 0 Å². The van der Waals surface area contributed by atoms with E-state index in [0.717, 1.165) is 0 Å². The quantitative estimate of drug-likeness (QED) is 0.133. The molecule has 15 heteroatoms. The molecule has 1 heterocycles. The monoisotopic (exact) mass is 666 g/mol. The van der Waals surface area contributed by atoms with Crippen LogP contribution in [0.3, 0.4) is 0 Å². The van der Waals surface area contributed by atoms with Crippen molar-refractivity contribution in [3.05, 3.63) is 33.7 Å². The first-order valence-corrected chi connectivity index (χ1v) is 16.0. The van der Waals surface area contributed by atoms with E-state index in [1.807, 2.05) is 13.8 Å². The number of unbranched alkanes of at least 4 members (excludes halogenated alkanes) is 1. The zero-order valence-electron chi connectivity index (χ0n) is 27.0. The Morgan fingerprint density at radius 1 is 1.19 bits per heavy atom. The minimum absolute atomic E-state index is 0.0179. The first-order valence-electron chi connectivity index (χ1n) is 16.0. The number of aliphatic hydroxyl groups excluding tert-OH is 1. The van der Waals surface area contributed by atoms with Crippen molar-refractivity contribution in [2.45, 2.75) is 102 Å². The molecular weight excluding hydrogens is 623 g/mol. The predicted molar refractivity (Wildman–Crippen MR) is 158 cm³/mol. The van der Waals surface area contributed by atoms with Gasteiger partial charge in [0.1, 0.15) is 11.9 Å². The SMILES string of the molecule is CC1(C)O[C@@H]2C[C@H]3[C@@H]4CC(F)=C5CC(=O)C=C[C@]5(C)[C@H]4[C@@H](O)C[C@]3(C)[C@]2(C(=O)COC(=O)CC(N)C(=O)OCCCCO[N+](=O)[O-])O1. The smallest absolute Gasteiger partial charge is 0.323 e. The fourth-order valence-corrected chi connectivity index (χ4v) is 9.10. The van der Waals surface area contributed by atoms with Gasteiger partial charge in [-0.2, -0.15) is 0 Å². The third-order valence-electron chi connectivity index (χ3n) is 10.9. The van der Waals surface area contributed by atoms with Gasteiger partial charge in [0, 0.05) is 29.6 Å². The van der Waals surface area contributed by atoms with Gasteiger partial charge in [0.25, 0.3) is 5.09 Å². The summed E-state index contributed by atoms with van der Waals surface area (Å²) in [4.78, 5) is 65.6. The zero-order valence-corrected chi connectivity index (χ0v) is 27.0. The van der Waals surface area contributed by atoms with E-state index in [-0.39, 0.29) is 68.8 Å². The molecular formula is C32H43FN2O12. The van der Waals surface area contributed by atoms with Gasteiger partial charge in [0.15, 0.2) is 23.8 Å². The Bertz CT molecular complexity index is 1400. The number of carbonyl (C=O) groups excluding carboxylic acids is 4. The first kappa shape index (κ1) is 35.0. The van der Waals surface area contributed by atoms with Crippen LogP contribution in [0, 0.1) is 38.7 Å². The molecule has 47 heavy (non-hydrogen) atoms. The number of rotatable bonds is 12. The molecule has 14 nitrogen and oxygen atoms in total. The standard InChI is InChI=1S/C32H43FN2O12/c1-29(2)46-25-13-19-18-12-21(33)20-11-17(36)7-8-30(20,3)27(18)23(37)15-31(19,4)32(25,47-29)24(38)16-44-26(39)14-22(34)28(40)43-9-5-6-10-45-35(41)42/h7-8,18-19,22-23,25,27,37H,5-6,9-16,34H2,1-4H3/t18-,19-,22?,23-,25+,27+,30-,31-,32+/m0/s1. The van der Waals surface area contributed by atoms with Crippen LogP contribution in [0.2, 0.25) is 0 Å². The molecule has 9 atom stereocenters. The summed E-state index contributed by atoms with van der Waals surface area (Å²) < 4.78 is 38.8. The number of fused-ring (bicyclic) bond motifs is 7. The van der Waals surface area contributed by atoms with Crippen LogP contribution in [-0.2, 0) is 43.0 Å². The van der Waals surface area contributed by atoms with Gasteiger partial charge < -0.3 is 34.6 Å². The van der Waals surface area contributed by atoms with E-state index in [4.69, 9.17) is 24.7 Å². The molecule has 0 aromatic rings. The number of nitrogens with zero attached hydrogens (tertiary/aromatic N) is 1. The molecule has 0 bridgehead atoms. The Labute approximate surface area is 271 Å². The van der Waals surface area contributed by atoms with Crippen LogP contribution >= 0.6 is 0 Å². The van der Waals surface area contributed by atoms with E-state index in [1.54, 1.807) is 19.9 Å². The lowest BCUT2D eigenvalue weighted by Gasteiger charge is -2.59. The number of ketones is 2. The molecule has 1 aliphatic heterocycles. The van der Waals surface area contributed by atoms with E-state index >= 15 is 4.39 Å². The Kier molecular flexibility index (Phi) is 9.42. The second-order valence-electron chi connectivity index (χ2n) is 14.2. The van der Waals surface area contributed by atoms with Gasteiger partial charge in [0.2, 0.25) is 5.78 Å². The topological polar surface area (TPSA) is 204 Å². The Morgan fingerprint density at radius 2 is 1.89 bits per heavy atom. The summed E-state index contributed by atoms with van der Waals surface area (Å²) in [5.41, 5.74) is 2.70. The van der Waals surface area contributed by atoms with Crippen LogP contribution in [0.15, 0.2) is 23.6 Å². The van der Waals surface area contributed by atoms with Crippen LogP contribution in [-0.4, -0.2) is 83.2 Å². The van der Waals surface area contributed by atoms with E-state index < -0.39 is 82.2 Å². The van der Waals surface area contributed by atoms with Gasteiger partial charge in [0.05, 0.1) is 31.8 Å². The number of aliphatic hydroxyl groups is 1. The average Bonchev–Trinajstić information content (AvgIpc) is 3.39. The number of hydrogen-bond acceptors (Lipinski definition) is 13. The van der Waals surface area contributed by atoms with Crippen molar-refractivity contribution in [3.63, 3.8) is 0 Å². The lowest BCUT2D eigenvalue weighted by Crippen LogP contribution is -2.64. The minimum Gasteiger partial charge on any atom is -0.465 e. The van der Waals surface area contributed by atoms with Crippen molar-refractivity contribution >= 4 is 23.5 Å². The summed E-state index contributed by atoms with van der Waals surface area (Å²) in [6, 6.07) is -1.37. The maximum atomic E-state index is 15.8. The van der Waals surface area contributed by atoms with Crippen LogP contribution in [0.4, 0.5) is 4.39 Å². The van der Waals surface area contributed by atoms with Crippen LogP contribution < -0.4 is 5.73 Å². The summed E-state index contributed by atoms with van der Waals surface area (Å²) in [6.07, 6.45) is 1.89. The average molecular weight is 667 g/mol. The van der Waals surface area contributed by atoms with E-state index in [1.165, 1.54) is 6.08 Å². The van der Waals surface area contributed by atoms with Gasteiger partial charge >= 0.3 is 11.9 Å². The van der Waals surface area contributed by atoms with Gasteiger partial charge in [-0.3, -0.25) is 19.2 Å². The highest BCUT2D eigenvalue weighted by atomic mass is 19.1. The van der Waals surface area contributed by atoms with E-state index in [2.05, 4.69) is 4.84 Å². The zero-order chi connectivity index (χ0) is 34.5. The second kappa shape index (κ2) is 12.6. The number of Topliss-reactive ketones (excluding diaryl/α,β-unsaturated/α-hetero) is 1. The largest absolute Gasteiger partial charge is 0.465 e. The van der Waals surface area contributed by atoms with Gasteiger partial charge in [-0.05, 0) is 63.0 Å². The molecule has 0 aromatic carbocycles. The van der Waals surface area contributed by atoms with E-state index in [9.17, 15) is 34.4 Å². The van der Waals surface area contributed by atoms with Gasteiger partial charge in [-0.15, -0.1) is 10.1 Å². The van der Waals surface area contributed by atoms with Crippen LogP contribution in [0.5, 0.6) is 0 Å². The molecule has 3 fully saturated rings. The second-order valence-corrected chi connectivity index (χ2v) is 14.2. The Balaban J connectivity index is 1.27. The van der Waals surface area contributed by atoms with Crippen LogP contribution in [0.25, 0.3) is 0 Å². The van der Waals surface area contributed by atoms with Crippen molar-refractivity contribution in [2.75, 3.05) is 19.8 Å². The molecule has 1 unspecified atom stereocenters. The van der Waals surface area contributed by atoms with Gasteiger partial charge in [-0.25, -0.2) is 4.39 Å². The molecule has 5 rings (SSSR count).